The number of rotatable bonds is 5. The third kappa shape index (κ3) is 5.66. The van der Waals surface area contributed by atoms with Crippen LogP contribution in [0.15, 0.2) is 41.5 Å². The Morgan fingerprint density at radius 1 is 1.20 bits per heavy atom. The zero-order valence-corrected chi connectivity index (χ0v) is 18.4. The lowest BCUT2D eigenvalue weighted by molar-refractivity contribution is 0.462. The summed E-state index contributed by atoms with van der Waals surface area (Å²) in [5.41, 5.74) is 5.03. The van der Waals surface area contributed by atoms with Crippen molar-refractivity contribution in [2.45, 2.75) is 20.0 Å². The Labute approximate surface area is 168 Å². The minimum atomic E-state index is 0. The monoisotopic (exact) mass is 455 g/mol. The highest BCUT2D eigenvalue weighted by Gasteiger charge is 2.10. The molecular formula is C19H30IN5. The molecule has 0 saturated carbocycles. The lowest BCUT2D eigenvalue weighted by Gasteiger charge is -2.24. The highest BCUT2D eigenvalue weighted by Crippen LogP contribution is 2.20. The van der Waals surface area contributed by atoms with Gasteiger partial charge in [0.1, 0.15) is 0 Å². The van der Waals surface area contributed by atoms with Crippen LogP contribution in [0.2, 0.25) is 0 Å². The van der Waals surface area contributed by atoms with Crippen molar-refractivity contribution in [3.8, 4) is 0 Å². The molecule has 6 heteroatoms. The molecule has 0 aliphatic rings. The molecule has 0 saturated heterocycles. The lowest BCUT2D eigenvalue weighted by atomic mass is 10.1. The van der Waals surface area contributed by atoms with Crippen molar-refractivity contribution >= 4 is 35.6 Å². The van der Waals surface area contributed by atoms with Crippen LogP contribution in [0.1, 0.15) is 16.8 Å². The lowest BCUT2D eigenvalue weighted by Crippen LogP contribution is -2.38. The Kier molecular flexibility index (Phi) is 8.28. The molecule has 1 aromatic carbocycles. The highest BCUT2D eigenvalue weighted by atomic mass is 127. The van der Waals surface area contributed by atoms with Crippen LogP contribution in [-0.4, -0.2) is 43.6 Å². The van der Waals surface area contributed by atoms with Gasteiger partial charge >= 0.3 is 0 Å². The van der Waals surface area contributed by atoms with Crippen molar-refractivity contribution in [3.05, 3.63) is 53.3 Å². The summed E-state index contributed by atoms with van der Waals surface area (Å²) in [5.74, 6) is 0.890. The SMILES string of the molecule is CN=C(NCc1ccc(C)cc1N(C)C)N(C)Cc1cccn1C.I. The molecular weight excluding hydrogens is 425 g/mol. The zero-order chi connectivity index (χ0) is 17.7. The van der Waals surface area contributed by atoms with E-state index in [9.17, 15) is 0 Å². The molecule has 0 unspecified atom stereocenters. The number of nitrogens with one attached hydrogen (secondary N) is 1. The van der Waals surface area contributed by atoms with E-state index in [1.807, 2.05) is 7.05 Å². The van der Waals surface area contributed by atoms with E-state index in [-0.39, 0.29) is 24.0 Å². The Balaban J connectivity index is 0.00000312. The van der Waals surface area contributed by atoms with Crippen LogP contribution in [0, 0.1) is 6.92 Å². The molecule has 1 heterocycles. The third-order valence-electron chi connectivity index (χ3n) is 4.18. The standard InChI is InChI=1S/C19H29N5.HI/c1-15-9-10-16(18(12-15)22(3)4)13-21-19(20-2)24(6)14-17-8-7-11-23(17)5;/h7-12H,13-14H2,1-6H3,(H,20,21);1H. The minimum absolute atomic E-state index is 0. The van der Waals surface area contributed by atoms with E-state index < -0.39 is 0 Å². The number of aliphatic imine (C=N–C) groups is 1. The van der Waals surface area contributed by atoms with Gasteiger partial charge in [-0.05, 0) is 36.2 Å². The molecule has 0 spiro atoms. The van der Waals surface area contributed by atoms with Crippen LogP contribution < -0.4 is 10.2 Å². The van der Waals surface area contributed by atoms with Gasteiger partial charge in [-0.1, -0.05) is 12.1 Å². The van der Waals surface area contributed by atoms with E-state index in [0.29, 0.717) is 0 Å². The van der Waals surface area contributed by atoms with Gasteiger partial charge in [0.05, 0.1) is 6.54 Å². The van der Waals surface area contributed by atoms with Crippen molar-refractivity contribution in [2.24, 2.45) is 12.0 Å². The molecule has 138 valence electrons. The summed E-state index contributed by atoms with van der Waals surface area (Å²) in [5, 5.41) is 3.47. The fraction of sp³-hybridized carbons (Fsp3) is 0.421. The second kappa shape index (κ2) is 9.70. The van der Waals surface area contributed by atoms with E-state index in [1.165, 1.54) is 22.5 Å². The first kappa shape index (κ1) is 21.3. The molecule has 1 aromatic heterocycles. The molecule has 5 nitrogen and oxygen atoms in total. The molecule has 0 aliphatic carbocycles. The van der Waals surface area contributed by atoms with Gasteiger partial charge in [0.15, 0.2) is 5.96 Å². The second-order valence-electron chi connectivity index (χ2n) is 6.39. The zero-order valence-electron chi connectivity index (χ0n) is 16.1. The van der Waals surface area contributed by atoms with Crippen molar-refractivity contribution in [1.82, 2.24) is 14.8 Å². The van der Waals surface area contributed by atoms with Crippen LogP contribution in [-0.2, 0) is 20.1 Å². The summed E-state index contributed by atoms with van der Waals surface area (Å²) in [6.07, 6.45) is 2.06. The number of benzene rings is 1. The quantitative estimate of drug-likeness (QED) is 0.427. The molecule has 2 aromatic rings. The summed E-state index contributed by atoms with van der Waals surface area (Å²) in [6, 6.07) is 10.7. The molecule has 0 aliphatic heterocycles. The Morgan fingerprint density at radius 3 is 2.48 bits per heavy atom. The maximum Gasteiger partial charge on any atom is 0.194 e. The molecule has 1 N–H and O–H groups in total. The smallest absolute Gasteiger partial charge is 0.194 e. The third-order valence-corrected chi connectivity index (χ3v) is 4.18. The summed E-state index contributed by atoms with van der Waals surface area (Å²) < 4.78 is 2.13. The number of hydrogen-bond acceptors (Lipinski definition) is 2. The van der Waals surface area contributed by atoms with Gasteiger partial charge < -0.3 is 19.7 Å². The van der Waals surface area contributed by atoms with Gasteiger partial charge in [-0.2, -0.15) is 0 Å². The summed E-state index contributed by atoms with van der Waals surface area (Å²) in [4.78, 5) is 8.70. The topological polar surface area (TPSA) is 35.8 Å². The highest BCUT2D eigenvalue weighted by molar-refractivity contribution is 14.0. The predicted octanol–water partition coefficient (Wildman–Crippen LogP) is 3.22. The number of anilines is 1. The van der Waals surface area contributed by atoms with Gasteiger partial charge in [0, 0.05) is 59.4 Å². The minimum Gasteiger partial charge on any atom is -0.377 e. The number of halogens is 1. The fourth-order valence-electron chi connectivity index (χ4n) is 2.78. The van der Waals surface area contributed by atoms with Gasteiger partial charge in [-0.3, -0.25) is 4.99 Å². The first-order valence-electron chi connectivity index (χ1n) is 8.21. The number of aromatic nitrogens is 1. The summed E-state index contributed by atoms with van der Waals surface area (Å²) >= 11 is 0. The molecule has 0 amide bonds. The second-order valence-corrected chi connectivity index (χ2v) is 6.39. The van der Waals surface area contributed by atoms with Crippen LogP contribution >= 0.6 is 24.0 Å². The molecule has 25 heavy (non-hydrogen) atoms. The van der Waals surface area contributed by atoms with Crippen molar-refractivity contribution < 1.29 is 0 Å². The number of hydrogen-bond donors (Lipinski definition) is 1. The van der Waals surface area contributed by atoms with E-state index >= 15 is 0 Å². The number of aryl methyl sites for hydroxylation is 2. The van der Waals surface area contributed by atoms with Gasteiger partial charge in [-0.15, -0.1) is 24.0 Å². The van der Waals surface area contributed by atoms with Crippen LogP contribution in [0.25, 0.3) is 0 Å². The van der Waals surface area contributed by atoms with Crippen molar-refractivity contribution in [2.75, 3.05) is 33.1 Å². The number of guanidine groups is 1. The first-order chi connectivity index (χ1) is 11.4. The van der Waals surface area contributed by atoms with Crippen molar-refractivity contribution in [3.63, 3.8) is 0 Å². The summed E-state index contributed by atoms with van der Waals surface area (Å²) in [6.45, 7) is 3.69. The van der Waals surface area contributed by atoms with E-state index in [2.05, 4.69) is 96.3 Å². The number of nitrogens with zero attached hydrogens (tertiary/aromatic N) is 4. The van der Waals surface area contributed by atoms with Crippen molar-refractivity contribution in [1.29, 1.82) is 0 Å². The van der Waals surface area contributed by atoms with Crippen LogP contribution in [0.3, 0.4) is 0 Å². The maximum atomic E-state index is 4.41. The van der Waals surface area contributed by atoms with E-state index in [4.69, 9.17) is 0 Å². The molecule has 0 bridgehead atoms. The van der Waals surface area contributed by atoms with E-state index in [0.717, 1.165) is 19.0 Å². The van der Waals surface area contributed by atoms with Crippen LogP contribution in [0.4, 0.5) is 5.69 Å². The van der Waals surface area contributed by atoms with E-state index in [1.54, 1.807) is 0 Å². The average molecular weight is 455 g/mol. The molecule has 0 radical (unpaired) electrons. The molecule has 2 rings (SSSR count). The molecule has 0 atom stereocenters. The largest absolute Gasteiger partial charge is 0.377 e. The molecule has 0 fully saturated rings. The summed E-state index contributed by atoms with van der Waals surface area (Å²) in [7, 11) is 10.1. The normalized spacial score (nSPS) is 11.0. The van der Waals surface area contributed by atoms with Gasteiger partial charge in [-0.25, -0.2) is 0 Å². The predicted molar refractivity (Wildman–Crippen MR) is 118 cm³/mol. The maximum absolute atomic E-state index is 4.41. The van der Waals surface area contributed by atoms with Crippen LogP contribution in [0.5, 0.6) is 0 Å². The Bertz CT molecular complexity index is 706. The Hall–Kier alpha value is -1.70. The fourth-order valence-corrected chi connectivity index (χ4v) is 2.78. The Morgan fingerprint density at radius 2 is 1.92 bits per heavy atom. The first-order valence-corrected chi connectivity index (χ1v) is 8.21. The van der Waals surface area contributed by atoms with Gasteiger partial charge in [0.2, 0.25) is 0 Å². The van der Waals surface area contributed by atoms with Gasteiger partial charge in [0.25, 0.3) is 0 Å². The average Bonchev–Trinajstić information content (AvgIpc) is 2.94.